The second-order valence-corrected chi connectivity index (χ2v) is 8.56. The fraction of sp³-hybridized carbons (Fsp3) is 0.0833. The van der Waals surface area contributed by atoms with Crippen LogP contribution in [0.2, 0.25) is 0 Å². The molecular formula is C24H16F2N4O4S. The van der Waals surface area contributed by atoms with Gasteiger partial charge in [-0.3, -0.25) is 10.1 Å². The van der Waals surface area contributed by atoms with Crippen LogP contribution in [0.3, 0.4) is 0 Å². The van der Waals surface area contributed by atoms with Gasteiger partial charge >= 0.3 is 12.6 Å². The van der Waals surface area contributed by atoms with Gasteiger partial charge in [-0.2, -0.15) is 8.78 Å². The number of halogens is 2. The minimum atomic E-state index is -3.17. The summed E-state index contributed by atoms with van der Waals surface area (Å²) < 4.78 is 32.0. The van der Waals surface area contributed by atoms with Gasteiger partial charge in [0.15, 0.2) is 0 Å². The minimum Gasteiger partial charge on any atom is -0.434 e. The number of nitro groups is 1. The Morgan fingerprint density at radius 1 is 1.06 bits per heavy atom. The summed E-state index contributed by atoms with van der Waals surface area (Å²) in [5.41, 5.74) is 1.93. The lowest BCUT2D eigenvalue weighted by Crippen LogP contribution is -2.43. The average molecular weight is 494 g/mol. The number of fused-ring (bicyclic) bond motifs is 1. The molecule has 2 heterocycles. The Morgan fingerprint density at radius 3 is 2.51 bits per heavy atom. The third-order valence-corrected chi connectivity index (χ3v) is 6.46. The number of urea groups is 1. The van der Waals surface area contributed by atoms with Gasteiger partial charge in [-0.05, 0) is 23.8 Å². The van der Waals surface area contributed by atoms with Gasteiger partial charge < -0.3 is 15.4 Å². The van der Waals surface area contributed by atoms with Crippen molar-refractivity contribution in [1.82, 2.24) is 15.6 Å². The Kier molecular flexibility index (Phi) is 5.83. The van der Waals surface area contributed by atoms with Crippen LogP contribution in [0.4, 0.5) is 19.3 Å². The van der Waals surface area contributed by atoms with Gasteiger partial charge in [0.2, 0.25) is 0 Å². The standard InChI is InChI=1S/C24H16F2N4O4S/c25-23(26)34-17-11-10-14(30(32)33)12-15(17)21-19(22-27-16-8-4-5-9-18(16)35-22)20(28-24(31)29-21)13-6-2-1-3-7-13/h1-12,21,23H,(H2,28,29,31). The first-order valence-electron chi connectivity index (χ1n) is 10.4. The van der Waals surface area contributed by atoms with Crippen LogP contribution >= 0.6 is 11.3 Å². The highest BCUT2D eigenvalue weighted by Gasteiger charge is 2.35. The normalized spacial score (nSPS) is 15.7. The number of nitrogens with zero attached hydrogens (tertiary/aromatic N) is 2. The molecule has 0 saturated heterocycles. The van der Waals surface area contributed by atoms with Gasteiger partial charge in [-0.25, -0.2) is 9.78 Å². The SMILES string of the molecule is O=C1NC(c2ccccc2)=C(c2nc3ccccc3s2)C(c2cc([N+](=O)[O-])ccc2OC(F)F)N1. The van der Waals surface area contributed by atoms with Crippen molar-refractivity contribution >= 4 is 44.5 Å². The molecule has 1 aromatic heterocycles. The van der Waals surface area contributed by atoms with E-state index in [-0.39, 0.29) is 17.0 Å². The third kappa shape index (κ3) is 4.41. The smallest absolute Gasteiger partial charge is 0.387 e. The molecule has 0 radical (unpaired) electrons. The summed E-state index contributed by atoms with van der Waals surface area (Å²) in [5, 5.41) is 17.5. The number of alkyl halides is 2. The molecule has 1 unspecified atom stereocenters. The summed E-state index contributed by atoms with van der Waals surface area (Å²) in [5.74, 6) is -0.288. The molecule has 3 aromatic carbocycles. The predicted molar refractivity (Wildman–Crippen MR) is 127 cm³/mol. The molecule has 35 heavy (non-hydrogen) atoms. The zero-order valence-corrected chi connectivity index (χ0v) is 18.6. The Balaban J connectivity index is 1.79. The van der Waals surface area contributed by atoms with E-state index >= 15 is 0 Å². The number of non-ortho nitro benzene ring substituents is 1. The van der Waals surface area contributed by atoms with Crippen molar-refractivity contribution in [2.45, 2.75) is 12.7 Å². The molecule has 5 rings (SSSR count). The fourth-order valence-corrected chi connectivity index (χ4v) is 4.97. The van der Waals surface area contributed by atoms with Crippen molar-refractivity contribution < 1.29 is 23.2 Å². The fourth-order valence-electron chi connectivity index (χ4n) is 3.93. The molecule has 0 fully saturated rings. The van der Waals surface area contributed by atoms with Crippen molar-refractivity contribution in [3.8, 4) is 5.75 Å². The Bertz CT molecular complexity index is 1440. The largest absolute Gasteiger partial charge is 0.434 e. The van der Waals surface area contributed by atoms with Crippen LogP contribution < -0.4 is 15.4 Å². The number of carbonyl (C=O) groups excluding carboxylic acids is 1. The summed E-state index contributed by atoms with van der Waals surface area (Å²) >= 11 is 1.35. The first-order valence-corrected chi connectivity index (χ1v) is 11.2. The second-order valence-electron chi connectivity index (χ2n) is 7.53. The van der Waals surface area contributed by atoms with Gasteiger partial charge in [-0.1, -0.05) is 42.5 Å². The molecule has 0 spiro atoms. The van der Waals surface area contributed by atoms with Crippen LogP contribution in [0, 0.1) is 10.1 Å². The van der Waals surface area contributed by atoms with E-state index in [4.69, 9.17) is 4.98 Å². The molecule has 4 aromatic rings. The van der Waals surface area contributed by atoms with E-state index in [0.29, 0.717) is 27.4 Å². The number of benzene rings is 3. The van der Waals surface area contributed by atoms with E-state index in [9.17, 15) is 23.7 Å². The number of carbonyl (C=O) groups is 1. The number of nitro benzene ring substituents is 1. The van der Waals surface area contributed by atoms with Crippen molar-refractivity contribution in [3.05, 3.63) is 99.0 Å². The molecule has 0 saturated carbocycles. The number of aromatic nitrogens is 1. The van der Waals surface area contributed by atoms with E-state index < -0.39 is 23.6 Å². The number of hydrogen-bond acceptors (Lipinski definition) is 6. The van der Waals surface area contributed by atoms with Crippen LogP contribution in [0.15, 0.2) is 72.8 Å². The molecule has 0 bridgehead atoms. The molecule has 2 amide bonds. The summed E-state index contributed by atoms with van der Waals surface area (Å²) in [6.45, 7) is -3.17. The lowest BCUT2D eigenvalue weighted by atomic mass is 9.92. The highest BCUT2D eigenvalue weighted by molar-refractivity contribution is 7.19. The van der Waals surface area contributed by atoms with Crippen molar-refractivity contribution in [3.63, 3.8) is 0 Å². The van der Waals surface area contributed by atoms with E-state index in [1.54, 1.807) is 24.3 Å². The quantitative estimate of drug-likeness (QED) is 0.263. The number of amides is 2. The van der Waals surface area contributed by atoms with Gasteiger partial charge in [0.1, 0.15) is 10.8 Å². The predicted octanol–water partition coefficient (Wildman–Crippen LogP) is 5.73. The molecule has 2 N–H and O–H groups in total. The molecule has 1 aliphatic rings. The van der Waals surface area contributed by atoms with Crippen LogP contribution in [0.5, 0.6) is 5.75 Å². The summed E-state index contributed by atoms with van der Waals surface area (Å²) in [6.07, 6.45) is 0. The van der Waals surface area contributed by atoms with E-state index in [2.05, 4.69) is 15.4 Å². The molecule has 1 atom stereocenters. The molecule has 11 heteroatoms. The van der Waals surface area contributed by atoms with Crippen LogP contribution in [-0.2, 0) is 0 Å². The van der Waals surface area contributed by atoms with Gasteiger partial charge in [-0.15, -0.1) is 11.3 Å². The molecule has 1 aliphatic heterocycles. The molecular weight excluding hydrogens is 478 g/mol. The summed E-state index contributed by atoms with van der Waals surface area (Å²) in [6, 6.07) is 18.0. The zero-order chi connectivity index (χ0) is 24.5. The summed E-state index contributed by atoms with van der Waals surface area (Å²) in [7, 11) is 0. The lowest BCUT2D eigenvalue weighted by molar-refractivity contribution is -0.385. The van der Waals surface area contributed by atoms with Gasteiger partial charge in [0.05, 0.1) is 26.9 Å². The van der Waals surface area contributed by atoms with Gasteiger partial charge in [0.25, 0.3) is 5.69 Å². The highest BCUT2D eigenvalue weighted by Crippen LogP contribution is 2.44. The number of para-hydroxylation sites is 1. The minimum absolute atomic E-state index is 0.0111. The Morgan fingerprint density at radius 2 is 1.80 bits per heavy atom. The van der Waals surface area contributed by atoms with E-state index in [1.165, 1.54) is 11.3 Å². The van der Waals surface area contributed by atoms with Crippen LogP contribution in [-0.4, -0.2) is 22.5 Å². The highest BCUT2D eigenvalue weighted by atomic mass is 32.1. The number of rotatable bonds is 6. The monoisotopic (exact) mass is 494 g/mol. The van der Waals surface area contributed by atoms with Crippen molar-refractivity contribution in [2.75, 3.05) is 0 Å². The van der Waals surface area contributed by atoms with Crippen LogP contribution in [0.1, 0.15) is 22.2 Å². The number of hydrogen-bond donors (Lipinski definition) is 2. The topological polar surface area (TPSA) is 106 Å². The first kappa shape index (κ1) is 22.4. The third-order valence-electron chi connectivity index (χ3n) is 5.39. The van der Waals surface area contributed by atoms with Crippen molar-refractivity contribution in [2.24, 2.45) is 0 Å². The summed E-state index contributed by atoms with van der Waals surface area (Å²) in [4.78, 5) is 28.3. The molecule has 176 valence electrons. The Labute approximate surface area is 201 Å². The first-order chi connectivity index (χ1) is 16.9. The average Bonchev–Trinajstić information content (AvgIpc) is 3.27. The maximum Gasteiger partial charge on any atom is 0.387 e. The van der Waals surface area contributed by atoms with E-state index in [0.717, 1.165) is 22.9 Å². The van der Waals surface area contributed by atoms with Crippen molar-refractivity contribution in [1.29, 1.82) is 0 Å². The van der Waals surface area contributed by atoms with E-state index in [1.807, 2.05) is 30.3 Å². The number of nitrogens with one attached hydrogen (secondary N) is 2. The lowest BCUT2D eigenvalue weighted by Gasteiger charge is -2.30. The zero-order valence-electron chi connectivity index (χ0n) is 17.8. The Hall–Kier alpha value is -4.38. The maximum atomic E-state index is 13.2. The molecule has 0 aliphatic carbocycles. The second kappa shape index (κ2) is 9.11. The number of thiazole rings is 1. The molecule has 8 nitrogen and oxygen atoms in total. The number of ether oxygens (including phenoxy) is 1. The van der Waals surface area contributed by atoms with Crippen LogP contribution in [0.25, 0.3) is 21.5 Å². The maximum absolute atomic E-state index is 13.2. The van der Waals surface area contributed by atoms with Gasteiger partial charge in [0, 0.05) is 23.3 Å².